The Labute approximate surface area is 572 Å². The van der Waals surface area contributed by atoms with Crippen LogP contribution in [0.2, 0.25) is 0 Å². The van der Waals surface area contributed by atoms with Crippen molar-refractivity contribution in [1.82, 2.24) is 0 Å². The zero-order chi connectivity index (χ0) is 68.7. The Bertz CT molecular complexity index is 1830. The van der Waals surface area contributed by atoms with Crippen LogP contribution in [-0.4, -0.2) is 0 Å². The van der Waals surface area contributed by atoms with Crippen LogP contribution >= 0.6 is 0 Å². The van der Waals surface area contributed by atoms with E-state index in [0.29, 0.717) is 0 Å². The number of rotatable bonds is 12. The van der Waals surface area contributed by atoms with Crippen LogP contribution in [0.3, 0.4) is 0 Å². The highest BCUT2D eigenvalue weighted by Gasteiger charge is 3.09. The Hall–Kier alpha value is 0. The smallest absolute Gasteiger partial charge is 0.0172 e. The molecule has 536 valence electrons. The Balaban J connectivity index is 0.000000272. The first-order valence-corrected chi connectivity index (χ1v) is 41.7. The van der Waals surface area contributed by atoms with Crippen molar-refractivity contribution in [3.63, 3.8) is 0 Å². The zero-order valence-corrected chi connectivity index (χ0v) is 68.7. The fourth-order valence-electron chi connectivity index (χ4n) is 26.5. The molecule has 90 heavy (non-hydrogen) atoms. The maximum Gasteiger partial charge on any atom is -0.0172 e. The fourth-order valence-corrected chi connectivity index (χ4v) is 26.5. The second kappa shape index (κ2) is 31.0. The van der Waals surface area contributed by atoms with E-state index in [-0.39, 0.29) is 7.43 Å². The summed E-state index contributed by atoms with van der Waals surface area (Å²) >= 11 is 0. The van der Waals surface area contributed by atoms with Crippen molar-refractivity contribution < 1.29 is 0 Å². The fraction of sp³-hybridized carbons (Fsp3) is 1.00. The molecule has 0 N–H and O–H groups in total. The molecule has 0 amide bonds. The molecule has 20 aliphatic carbocycles. The molecule has 0 spiro atoms. The first kappa shape index (κ1) is 84.2. The highest BCUT2D eigenvalue weighted by molar-refractivity contribution is 5.55. The third-order valence-electron chi connectivity index (χ3n) is 33.7. The van der Waals surface area contributed by atoms with Gasteiger partial charge >= 0.3 is 0 Å². The van der Waals surface area contributed by atoms with E-state index in [1.807, 2.05) is 83.1 Å². The van der Waals surface area contributed by atoms with Gasteiger partial charge in [0.2, 0.25) is 0 Å². The van der Waals surface area contributed by atoms with Gasteiger partial charge in [0.15, 0.2) is 0 Å². The van der Waals surface area contributed by atoms with Gasteiger partial charge in [-0.1, -0.05) is 263 Å². The summed E-state index contributed by atoms with van der Waals surface area (Å²) < 4.78 is 0. The molecule has 10 bridgehead atoms. The van der Waals surface area contributed by atoms with Crippen LogP contribution in [0.25, 0.3) is 0 Å². The minimum absolute atomic E-state index is 0. The quantitative estimate of drug-likeness (QED) is 0.183. The van der Waals surface area contributed by atoms with E-state index in [4.69, 9.17) is 0 Å². The zero-order valence-electron chi connectivity index (χ0n) is 68.7. The van der Waals surface area contributed by atoms with E-state index in [1.165, 1.54) is 183 Å². The molecule has 0 radical (unpaired) electrons. The summed E-state index contributed by atoms with van der Waals surface area (Å²) in [6.45, 7) is 82.4. The SMILES string of the molecule is C.CC.CC.CC.CC.CC.CC.CC(C)C12C3C4C1C1C2C3C41C(C)C.CC(C)C12CC(C(C)C)(C1)C2.CC(C)C12CCC(C(C)C)(C1)C2.CC(C)C12CCC(C(C)C)(CC1)C2.CC(C)C12CCC(C(C)C)(CC1)CC2.CC(C)C12CCCC(C(C)C)(C1)C2. The van der Waals surface area contributed by atoms with E-state index in [1.54, 1.807) is 0 Å². The first-order valence-electron chi connectivity index (χ1n) is 41.7. The predicted molar refractivity (Wildman–Crippen MR) is 409 cm³/mol. The molecule has 0 aliphatic heterocycles. The molecule has 0 heterocycles. The maximum atomic E-state index is 2.49. The van der Waals surface area contributed by atoms with Crippen LogP contribution in [0, 0.1) is 172 Å². The lowest BCUT2D eigenvalue weighted by molar-refractivity contribution is -0.674. The van der Waals surface area contributed by atoms with Gasteiger partial charge in [-0.15, -0.1) is 0 Å². The Morgan fingerprint density at radius 2 is 0.300 bits per heavy atom. The van der Waals surface area contributed by atoms with E-state index >= 15 is 0 Å². The maximum absolute atomic E-state index is 2.49. The Morgan fingerprint density at radius 1 is 0.167 bits per heavy atom. The molecule has 20 rings (SSSR count). The van der Waals surface area contributed by atoms with Crippen LogP contribution in [0.15, 0.2) is 0 Å². The molecule has 0 nitrogen and oxygen atoms in total. The minimum Gasteiger partial charge on any atom is -0.0776 e. The summed E-state index contributed by atoms with van der Waals surface area (Å²) in [5.74, 6) is 18.5. The third-order valence-corrected chi connectivity index (χ3v) is 33.7. The van der Waals surface area contributed by atoms with Crippen LogP contribution in [0.4, 0.5) is 0 Å². The predicted octanol–water partition coefficient (Wildman–Crippen LogP) is 30.3. The van der Waals surface area contributed by atoms with Gasteiger partial charge in [-0.05, 0) is 313 Å². The second-order valence-corrected chi connectivity index (χ2v) is 37.9. The van der Waals surface area contributed by atoms with Crippen molar-refractivity contribution in [2.75, 3.05) is 0 Å². The van der Waals surface area contributed by atoms with E-state index in [9.17, 15) is 0 Å². The first-order chi connectivity index (χ1) is 41.7. The summed E-state index contributed by atoms with van der Waals surface area (Å²) in [4.78, 5) is 0. The molecule has 0 unspecified atom stereocenters. The standard InChI is InChI=1S/C14H20.C14H26.2C13H24.C12H22.C11H20.6C2H6.CH4/c1-5(2)13-7-10-8(13)12-9(13)11(7)14(10,12)6(3)4;1-11(2)13-5-8-14(9-6-13,10-7-13)12(3)4;1-10(2)12-5-7-13(9-12,8-6-12)11(3)4;1-10(2)12-6-5-7-13(8-12,9-12)11(3)4;1-9(2)11-5-6-12(7-11,8-11)10(3)4;1-8(2)10-5-11(6-10,7-10)9(3)4;6*1-2;/h5-12H,1-4H3;11-12H,5-10H2,1-4H3;2*10-11H,5-9H2,1-4H3;9-10H,5-8H2,1-4H3;8-9H,5-7H2,1-4H3;6*1-2H3;1H4. The molecular formula is C90H176. The monoisotopic (exact) mass is 1260 g/mol. The lowest BCUT2D eigenvalue weighted by Crippen LogP contribution is -3.11. The van der Waals surface area contributed by atoms with Crippen molar-refractivity contribution in [2.24, 2.45) is 172 Å². The van der Waals surface area contributed by atoms with Crippen molar-refractivity contribution in [1.29, 1.82) is 0 Å². The van der Waals surface area contributed by atoms with Crippen molar-refractivity contribution >= 4 is 0 Å². The van der Waals surface area contributed by atoms with Gasteiger partial charge in [-0.25, -0.2) is 0 Å². The van der Waals surface area contributed by atoms with Gasteiger partial charge in [-0.3, -0.25) is 0 Å². The van der Waals surface area contributed by atoms with Gasteiger partial charge in [0, 0.05) is 0 Å². The van der Waals surface area contributed by atoms with Gasteiger partial charge in [0.25, 0.3) is 0 Å². The van der Waals surface area contributed by atoms with Crippen LogP contribution in [0.5, 0.6) is 0 Å². The lowest BCUT2D eigenvalue weighted by Gasteiger charge is -3.13. The van der Waals surface area contributed by atoms with Crippen LogP contribution in [-0.2, 0) is 0 Å². The lowest BCUT2D eigenvalue weighted by atomic mass is 8.90. The largest absolute Gasteiger partial charge is 0.0776 e. The topological polar surface area (TPSA) is 0 Å². The highest BCUT2D eigenvalue weighted by Crippen LogP contribution is 3.12. The van der Waals surface area contributed by atoms with Crippen LogP contribution in [0.1, 0.15) is 404 Å². The molecule has 0 saturated heterocycles. The molecular weight excluding hydrogens is 1080 g/mol. The van der Waals surface area contributed by atoms with Gasteiger partial charge in [0.1, 0.15) is 0 Å². The van der Waals surface area contributed by atoms with Crippen LogP contribution < -0.4 is 0 Å². The molecule has 20 aliphatic rings. The average Bonchev–Trinajstić information content (AvgIpc) is 0.654. The molecule has 0 aromatic heterocycles. The molecule has 0 heteroatoms. The normalized spacial score (nSPS) is 43.7. The van der Waals surface area contributed by atoms with Gasteiger partial charge < -0.3 is 0 Å². The summed E-state index contributed by atoms with van der Waals surface area (Å²) in [5, 5.41) is 0. The molecule has 0 aromatic rings. The van der Waals surface area contributed by atoms with Crippen molar-refractivity contribution in [3.8, 4) is 0 Å². The Kier molecular flexibility index (Phi) is 29.1. The molecule has 20 saturated carbocycles. The second-order valence-electron chi connectivity index (χ2n) is 37.9. The molecule has 20 fully saturated rings. The summed E-state index contributed by atoms with van der Waals surface area (Å²) in [5.41, 5.74) is 9.57. The summed E-state index contributed by atoms with van der Waals surface area (Å²) in [6, 6.07) is 0. The number of hydrogen-bond donors (Lipinski definition) is 0. The number of hydrogen-bond acceptors (Lipinski definition) is 0. The van der Waals surface area contributed by atoms with Crippen molar-refractivity contribution in [3.05, 3.63) is 0 Å². The van der Waals surface area contributed by atoms with Crippen molar-refractivity contribution in [2.45, 2.75) is 404 Å². The summed E-state index contributed by atoms with van der Waals surface area (Å²) in [7, 11) is 0. The van der Waals surface area contributed by atoms with E-state index in [0.717, 1.165) is 136 Å². The third kappa shape index (κ3) is 12.6. The number of fused-ring (bicyclic) bond motifs is 8. The van der Waals surface area contributed by atoms with E-state index < -0.39 is 0 Å². The molecule has 0 aromatic carbocycles. The van der Waals surface area contributed by atoms with Gasteiger partial charge in [0.05, 0.1) is 0 Å². The molecule has 0 atom stereocenters. The Morgan fingerprint density at radius 3 is 0.444 bits per heavy atom. The highest BCUT2D eigenvalue weighted by atomic mass is 15.1. The summed E-state index contributed by atoms with van der Waals surface area (Å²) in [6.07, 6.45) is 35.0. The van der Waals surface area contributed by atoms with Gasteiger partial charge in [-0.2, -0.15) is 0 Å². The minimum atomic E-state index is 0. The van der Waals surface area contributed by atoms with E-state index in [2.05, 4.69) is 166 Å². The average molecular weight is 1260 g/mol.